The van der Waals surface area contributed by atoms with Crippen LogP contribution in [0.2, 0.25) is 10.0 Å². The van der Waals surface area contributed by atoms with Crippen LogP contribution < -0.4 is 5.32 Å². The van der Waals surface area contributed by atoms with Gasteiger partial charge >= 0.3 is 0 Å². The van der Waals surface area contributed by atoms with Gasteiger partial charge in [-0.2, -0.15) is 0 Å². The van der Waals surface area contributed by atoms with Gasteiger partial charge in [-0.25, -0.2) is 0 Å². The molecule has 1 fully saturated rings. The third kappa shape index (κ3) is 7.63. The molecule has 6 heteroatoms. The zero-order valence-electron chi connectivity index (χ0n) is 21.0. The van der Waals surface area contributed by atoms with Crippen molar-refractivity contribution in [3.8, 4) is 0 Å². The van der Waals surface area contributed by atoms with Crippen LogP contribution >= 0.6 is 23.2 Å². The van der Waals surface area contributed by atoms with Gasteiger partial charge < -0.3 is 10.2 Å². The van der Waals surface area contributed by atoms with E-state index >= 15 is 0 Å². The molecule has 1 aliphatic rings. The molecule has 1 heterocycles. The fourth-order valence-electron chi connectivity index (χ4n) is 4.69. The Morgan fingerprint density at radius 3 is 2.26 bits per heavy atom. The molecule has 0 aromatic heterocycles. The topological polar surface area (TPSA) is 30.9 Å². The number of nitrogens with zero attached hydrogens (tertiary/aromatic N) is 3. The van der Waals surface area contributed by atoms with Crippen LogP contribution in [0.4, 0.5) is 0 Å². The van der Waals surface area contributed by atoms with Gasteiger partial charge in [0.15, 0.2) is 5.96 Å². The van der Waals surface area contributed by atoms with Crippen molar-refractivity contribution >= 4 is 29.2 Å². The quantitative estimate of drug-likeness (QED) is 0.216. The fourth-order valence-corrected chi connectivity index (χ4v) is 5.20. The molecular formula is C28H40Cl2N4. The van der Waals surface area contributed by atoms with E-state index < -0.39 is 0 Å². The number of rotatable bonds is 10. The summed E-state index contributed by atoms with van der Waals surface area (Å²) in [4.78, 5) is 9.46. The molecule has 186 valence electrons. The van der Waals surface area contributed by atoms with Crippen LogP contribution in [0, 0.1) is 6.92 Å². The van der Waals surface area contributed by atoms with E-state index in [0.29, 0.717) is 5.02 Å². The Labute approximate surface area is 216 Å². The predicted molar refractivity (Wildman–Crippen MR) is 147 cm³/mol. The Kier molecular flexibility index (Phi) is 11.0. The molecule has 0 aliphatic carbocycles. The Hall–Kier alpha value is -1.75. The molecule has 0 bridgehead atoms. The highest BCUT2D eigenvalue weighted by molar-refractivity contribution is 6.35. The van der Waals surface area contributed by atoms with Gasteiger partial charge in [0, 0.05) is 49.8 Å². The highest BCUT2D eigenvalue weighted by atomic mass is 35.5. The summed E-state index contributed by atoms with van der Waals surface area (Å²) in [6.07, 6.45) is 7.83. The summed E-state index contributed by atoms with van der Waals surface area (Å²) in [5, 5.41) is 4.97. The Morgan fingerprint density at radius 1 is 0.941 bits per heavy atom. The molecule has 1 saturated heterocycles. The minimum atomic E-state index is 0.102. The third-order valence-electron chi connectivity index (χ3n) is 6.65. The molecule has 34 heavy (non-hydrogen) atoms. The monoisotopic (exact) mass is 502 g/mol. The molecule has 3 rings (SSSR count). The number of hydrogen-bond acceptors (Lipinski definition) is 2. The van der Waals surface area contributed by atoms with E-state index in [9.17, 15) is 0 Å². The van der Waals surface area contributed by atoms with Crippen LogP contribution in [-0.4, -0.2) is 55.5 Å². The van der Waals surface area contributed by atoms with Crippen molar-refractivity contribution in [2.75, 3.05) is 39.8 Å². The van der Waals surface area contributed by atoms with E-state index in [0.717, 1.165) is 49.3 Å². The molecule has 0 radical (unpaired) electrons. The molecule has 0 spiro atoms. The average molecular weight is 504 g/mol. The molecule has 0 amide bonds. The van der Waals surface area contributed by atoms with E-state index in [1.165, 1.54) is 49.7 Å². The number of hydrogen-bond donors (Lipinski definition) is 1. The van der Waals surface area contributed by atoms with Crippen molar-refractivity contribution in [2.24, 2.45) is 4.99 Å². The van der Waals surface area contributed by atoms with Crippen molar-refractivity contribution in [3.05, 3.63) is 69.2 Å². The maximum atomic E-state index is 6.69. The molecule has 1 N–H and O–H groups in total. The van der Waals surface area contributed by atoms with Crippen molar-refractivity contribution in [3.63, 3.8) is 0 Å². The highest BCUT2D eigenvalue weighted by Gasteiger charge is 2.29. The smallest absolute Gasteiger partial charge is 0.193 e. The summed E-state index contributed by atoms with van der Waals surface area (Å²) in [7, 11) is 1.89. The Morgan fingerprint density at radius 2 is 1.62 bits per heavy atom. The van der Waals surface area contributed by atoms with Crippen molar-refractivity contribution in [1.29, 1.82) is 0 Å². The number of piperazine rings is 1. The van der Waals surface area contributed by atoms with Gasteiger partial charge in [-0.05, 0) is 36.6 Å². The van der Waals surface area contributed by atoms with Crippen molar-refractivity contribution in [1.82, 2.24) is 15.1 Å². The van der Waals surface area contributed by atoms with Crippen LogP contribution in [0.25, 0.3) is 0 Å². The van der Waals surface area contributed by atoms with Gasteiger partial charge in [-0.1, -0.05) is 98.1 Å². The number of nitrogens with one attached hydrogen (secondary N) is 1. The average Bonchev–Trinajstić information content (AvgIpc) is 2.84. The van der Waals surface area contributed by atoms with E-state index in [-0.39, 0.29) is 6.04 Å². The van der Waals surface area contributed by atoms with Crippen LogP contribution in [0.1, 0.15) is 68.2 Å². The maximum Gasteiger partial charge on any atom is 0.193 e. The second-order valence-electron chi connectivity index (χ2n) is 9.24. The maximum absolute atomic E-state index is 6.69. The lowest BCUT2D eigenvalue weighted by atomic mass is 9.95. The summed E-state index contributed by atoms with van der Waals surface area (Å²) >= 11 is 12.9. The number of benzene rings is 2. The second kappa shape index (κ2) is 14.0. The molecule has 0 saturated carbocycles. The van der Waals surface area contributed by atoms with Gasteiger partial charge in [0.05, 0.1) is 6.04 Å². The van der Waals surface area contributed by atoms with E-state index in [4.69, 9.17) is 23.2 Å². The number of aryl methyl sites for hydroxylation is 1. The molecule has 2 aromatic rings. The first-order chi connectivity index (χ1) is 16.5. The Balaban J connectivity index is 1.62. The lowest BCUT2D eigenvalue weighted by Gasteiger charge is -2.41. The lowest BCUT2D eigenvalue weighted by molar-refractivity contribution is 0.148. The molecule has 1 aliphatic heterocycles. The zero-order valence-corrected chi connectivity index (χ0v) is 22.5. The number of unbranched alkanes of at least 4 members (excludes halogenated alkanes) is 5. The number of aliphatic imine (C=N–C) groups is 1. The van der Waals surface area contributed by atoms with Crippen LogP contribution in [-0.2, 0) is 0 Å². The summed E-state index contributed by atoms with van der Waals surface area (Å²) in [5.41, 5.74) is 3.62. The third-order valence-corrected chi connectivity index (χ3v) is 7.22. The summed E-state index contributed by atoms with van der Waals surface area (Å²) in [6, 6.07) is 14.8. The van der Waals surface area contributed by atoms with E-state index in [1.807, 2.05) is 19.2 Å². The highest BCUT2D eigenvalue weighted by Crippen LogP contribution is 2.35. The van der Waals surface area contributed by atoms with Crippen molar-refractivity contribution < 1.29 is 0 Å². The standard InChI is InChI=1S/C28H40Cl2N4/c1-4-5-6-7-8-9-16-32-28(31-3)34-19-17-33(18-20-34)27(23-12-10-22(2)11-13-23)25-15-14-24(29)21-26(25)30/h10-15,21,27H,4-9,16-20H2,1-3H3,(H,31,32). The summed E-state index contributed by atoms with van der Waals surface area (Å²) in [5.74, 6) is 1.02. The normalized spacial score (nSPS) is 16.0. The predicted octanol–water partition coefficient (Wildman–Crippen LogP) is 6.94. The molecule has 2 aromatic carbocycles. The van der Waals surface area contributed by atoms with Gasteiger partial charge in [-0.3, -0.25) is 9.89 Å². The van der Waals surface area contributed by atoms with Crippen LogP contribution in [0.5, 0.6) is 0 Å². The minimum Gasteiger partial charge on any atom is -0.356 e. The van der Waals surface area contributed by atoms with E-state index in [1.54, 1.807) is 0 Å². The van der Waals surface area contributed by atoms with Gasteiger partial charge in [0.25, 0.3) is 0 Å². The van der Waals surface area contributed by atoms with E-state index in [2.05, 4.69) is 64.3 Å². The van der Waals surface area contributed by atoms with Gasteiger partial charge in [0.1, 0.15) is 0 Å². The van der Waals surface area contributed by atoms with Gasteiger partial charge in [0.2, 0.25) is 0 Å². The largest absolute Gasteiger partial charge is 0.356 e. The lowest BCUT2D eigenvalue weighted by Crippen LogP contribution is -2.53. The molecule has 1 unspecified atom stereocenters. The molecule has 4 nitrogen and oxygen atoms in total. The first-order valence-corrected chi connectivity index (χ1v) is 13.5. The fraction of sp³-hybridized carbons (Fsp3) is 0.536. The zero-order chi connectivity index (χ0) is 24.3. The first kappa shape index (κ1) is 26.8. The molecular weight excluding hydrogens is 463 g/mol. The SMILES string of the molecule is CCCCCCCCNC(=NC)N1CCN(C(c2ccc(C)cc2)c2ccc(Cl)cc2Cl)CC1. The Bertz CT molecular complexity index is 905. The number of guanidine groups is 1. The summed E-state index contributed by atoms with van der Waals surface area (Å²) < 4.78 is 0. The molecule has 1 atom stereocenters. The van der Waals surface area contributed by atoms with Crippen LogP contribution in [0.3, 0.4) is 0 Å². The van der Waals surface area contributed by atoms with Crippen molar-refractivity contribution in [2.45, 2.75) is 58.4 Å². The summed E-state index contributed by atoms with van der Waals surface area (Å²) in [6.45, 7) is 9.12. The first-order valence-electron chi connectivity index (χ1n) is 12.7. The second-order valence-corrected chi connectivity index (χ2v) is 10.1. The number of halogens is 2. The minimum absolute atomic E-state index is 0.102. The van der Waals surface area contributed by atoms with Gasteiger partial charge in [-0.15, -0.1) is 0 Å². The van der Waals surface area contributed by atoms with Crippen LogP contribution in [0.15, 0.2) is 47.5 Å².